The summed E-state index contributed by atoms with van der Waals surface area (Å²) in [6.07, 6.45) is 2.82. The van der Waals surface area contributed by atoms with Gasteiger partial charge in [-0.2, -0.15) is 14.2 Å². The minimum atomic E-state index is -0.610. The minimum absolute atomic E-state index is 0.0645. The third-order valence-electron chi connectivity index (χ3n) is 2.36. The maximum Gasteiger partial charge on any atom is 0.389 e. The second-order valence-corrected chi connectivity index (χ2v) is 4.94. The highest BCUT2D eigenvalue weighted by atomic mass is 32.1. The number of hydrogen-bond acceptors (Lipinski definition) is 6. The molecule has 0 bridgehead atoms. The highest BCUT2D eigenvalue weighted by Gasteiger charge is 2.11. The number of nitro groups is 1. The zero-order chi connectivity index (χ0) is 15.2. The van der Waals surface area contributed by atoms with Gasteiger partial charge in [-0.05, 0) is 17.1 Å². The Labute approximate surface area is 122 Å². The molecule has 2 rings (SSSR count). The van der Waals surface area contributed by atoms with E-state index in [0.29, 0.717) is 4.88 Å². The third-order valence-corrected chi connectivity index (χ3v) is 3.16. The number of halogens is 1. The predicted molar refractivity (Wildman–Crippen MR) is 73.5 cm³/mol. The fourth-order valence-corrected chi connectivity index (χ4v) is 2.01. The van der Waals surface area contributed by atoms with Crippen LogP contribution in [-0.4, -0.2) is 26.8 Å². The summed E-state index contributed by atoms with van der Waals surface area (Å²) < 4.78 is 14.0. The molecule has 110 valence electrons. The number of amides is 1. The van der Waals surface area contributed by atoms with Gasteiger partial charge < -0.3 is 10.1 Å². The zero-order valence-electron chi connectivity index (χ0n) is 10.6. The summed E-state index contributed by atoms with van der Waals surface area (Å²) >= 11 is 0.910. The van der Waals surface area contributed by atoms with E-state index in [9.17, 15) is 19.3 Å². The maximum absolute atomic E-state index is 12.7. The molecule has 1 amide bonds. The average Bonchev–Trinajstić information content (AvgIpc) is 3.05. The average molecular weight is 311 g/mol. The largest absolute Gasteiger partial charge is 0.389 e. The van der Waals surface area contributed by atoms with Crippen LogP contribution in [0.25, 0.3) is 0 Å². The lowest BCUT2D eigenvalue weighted by atomic mass is 10.4. The number of aromatic nitrogens is 2. The van der Waals surface area contributed by atoms with Gasteiger partial charge in [0.25, 0.3) is 0 Å². The Balaban J connectivity index is 1.76. The van der Waals surface area contributed by atoms with E-state index in [-0.39, 0.29) is 29.8 Å². The monoisotopic (exact) mass is 311 g/mol. The van der Waals surface area contributed by atoms with Crippen LogP contribution in [0.4, 0.5) is 10.2 Å². The van der Waals surface area contributed by atoms with Crippen LogP contribution in [-0.2, 0) is 11.3 Å². The van der Waals surface area contributed by atoms with Crippen LogP contribution < -0.4 is 5.43 Å². The van der Waals surface area contributed by atoms with Crippen molar-refractivity contribution in [3.05, 3.63) is 44.5 Å². The first-order valence-electron chi connectivity index (χ1n) is 5.79. The molecular formula is C11H10FN5O3S. The van der Waals surface area contributed by atoms with Gasteiger partial charge in [0.15, 0.2) is 5.13 Å². The number of thiophene rings is 1. The van der Waals surface area contributed by atoms with E-state index in [4.69, 9.17) is 0 Å². The standard InChI is InChI=1S/C11H10FN5O3S/c12-9-2-1-8(21-9)7-13-14-11(18)4-6-16-5-3-10(15-16)17(19)20/h1-3,5,7H,4,6H2,(H,14,18). The van der Waals surface area contributed by atoms with E-state index in [1.54, 1.807) is 6.07 Å². The molecule has 10 heteroatoms. The molecule has 2 aromatic rings. The van der Waals surface area contributed by atoms with Crippen molar-refractivity contribution in [2.75, 3.05) is 0 Å². The number of hydrazone groups is 1. The Hall–Kier alpha value is -2.62. The number of carbonyl (C=O) groups is 1. The molecule has 0 aliphatic rings. The van der Waals surface area contributed by atoms with E-state index in [0.717, 1.165) is 11.3 Å². The predicted octanol–water partition coefficient (Wildman–Crippen LogP) is 1.53. The zero-order valence-corrected chi connectivity index (χ0v) is 11.4. The van der Waals surface area contributed by atoms with Crippen molar-refractivity contribution in [1.82, 2.24) is 15.2 Å². The lowest BCUT2D eigenvalue weighted by molar-refractivity contribution is -0.389. The fraction of sp³-hybridized carbons (Fsp3) is 0.182. The molecule has 0 atom stereocenters. The second kappa shape index (κ2) is 6.70. The molecule has 2 aromatic heterocycles. The van der Waals surface area contributed by atoms with Crippen LogP contribution in [0.5, 0.6) is 0 Å². The lowest BCUT2D eigenvalue weighted by Crippen LogP contribution is -2.19. The first kappa shape index (κ1) is 14.8. The fourth-order valence-electron chi connectivity index (χ4n) is 1.41. The molecule has 0 spiro atoms. The van der Waals surface area contributed by atoms with Gasteiger partial charge in [-0.1, -0.05) is 0 Å². The van der Waals surface area contributed by atoms with E-state index in [1.165, 1.54) is 29.2 Å². The molecule has 0 saturated heterocycles. The molecule has 0 aliphatic carbocycles. The van der Waals surface area contributed by atoms with Crippen molar-refractivity contribution < 1.29 is 14.1 Å². The third kappa shape index (κ3) is 4.45. The van der Waals surface area contributed by atoms with Crippen LogP contribution in [0.2, 0.25) is 0 Å². The number of rotatable bonds is 6. The normalized spacial score (nSPS) is 10.9. The Morgan fingerprint density at radius 1 is 1.57 bits per heavy atom. The number of nitrogens with one attached hydrogen (secondary N) is 1. The molecule has 0 radical (unpaired) electrons. The van der Waals surface area contributed by atoms with Crippen molar-refractivity contribution >= 4 is 29.3 Å². The van der Waals surface area contributed by atoms with Gasteiger partial charge >= 0.3 is 5.82 Å². The Kier molecular flexibility index (Phi) is 4.72. The summed E-state index contributed by atoms with van der Waals surface area (Å²) in [4.78, 5) is 21.9. The van der Waals surface area contributed by atoms with Gasteiger partial charge in [0, 0.05) is 6.42 Å². The summed E-state index contributed by atoms with van der Waals surface area (Å²) in [6.45, 7) is 0.197. The van der Waals surface area contributed by atoms with Gasteiger partial charge in [0.1, 0.15) is 0 Å². The van der Waals surface area contributed by atoms with Crippen LogP contribution in [0, 0.1) is 15.2 Å². The summed E-state index contributed by atoms with van der Waals surface area (Å²) in [6, 6.07) is 4.10. The smallest absolute Gasteiger partial charge is 0.358 e. The maximum atomic E-state index is 12.7. The van der Waals surface area contributed by atoms with E-state index < -0.39 is 4.92 Å². The van der Waals surface area contributed by atoms with Crippen LogP contribution in [0.3, 0.4) is 0 Å². The molecule has 1 N–H and O–H groups in total. The number of aryl methyl sites for hydroxylation is 1. The molecule has 0 aliphatic heterocycles. The van der Waals surface area contributed by atoms with Crippen molar-refractivity contribution in [3.8, 4) is 0 Å². The summed E-state index contributed by atoms with van der Waals surface area (Å²) in [7, 11) is 0. The molecule has 2 heterocycles. The molecule has 0 fully saturated rings. The van der Waals surface area contributed by atoms with Gasteiger partial charge in [-0.3, -0.25) is 4.79 Å². The van der Waals surface area contributed by atoms with E-state index in [1.807, 2.05) is 0 Å². The van der Waals surface area contributed by atoms with Crippen molar-refractivity contribution in [3.63, 3.8) is 0 Å². The van der Waals surface area contributed by atoms with Crippen LogP contribution in [0.1, 0.15) is 11.3 Å². The number of carbonyl (C=O) groups excluding carboxylic acids is 1. The van der Waals surface area contributed by atoms with E-state index in [2.05, 4.69) is 15.6 Å². The van der Waals surface area contributed by atoms with Crippen LogP contribution >= 0.6 is 11.3 Å². The molecule has 21 heavy (non-hydrogen) atoms. The Morgan fingerprint density at radius 3 is 3.00 bits per heavy atom. The highest BCUT2D eigenvalue weighted by Crippen LogP contribution is 2.11. The van der Waals surface area contributed by atoms with Crippen LogP contribution in [0.15, 0.2) is 29.5 Å². The van der Waals surface area contributed by atoms with Gasteiger partial charge in [-0.25, -0.2) is 5.43 Å². The summed E-state index contributed by atoms with van der Waals surface area (Å²) in [5.74, 6) is -0.644. The van der Waals surface area contributed by atoms with Gasteiger partial charge in [0.2, 0.25) is 5.91 Å². The molecule has 0 saturated carbocycles. The minimum Gasteiger partial charge on any atom is -0.358 e. The number of nitrogens with zero attached hydrogens (tertiary/aromatic N) is 4. The molecular weight excluding hydrogens is 301 g/mol. The molecule has 0 aromatic carbocycles. The summed E-state index contributed by atoms with van der Waals surface area (Å²) in [5.41, 5.74) is 2.28. The summed E-state index contributed by atoms with van der Waals surface area (Å²) in [5, 5.41) is 17.5. The van der Waals surface area contributed by atoms with Crippen molar-refractivity contribution in [2.24, 2.45) is 5.10 Å². The first-order valence-corrected chi connectivity index (χ1v) is 6.61. The van der Waals surface area contributed by atoms with Gasteiger partial charge in [0.05, 0.1) is 35.0 Å². The second-order valence-electron chi connectivity index (χ2n) is 3.88. The number of hydrogen-bond donors (Lipinski definition) is 1. The van der Waals surface area contributed by atoms with E-state index >= 15 is 0 Å². The Bertz CT molecular complexity index is 681. The first-order chi connectivity index (χ1) is 10.0. The highest BCUT2D eigenvalue weighted by molar-refractivity contribution is 7.12. The lowest BCUT2D eigenvalue weighted by Gasteiger charge is -1.97. The molecule has 8 nitrogen and oxygen atoms in total. The van der Waals surface area contributed by atoms with Gasteiger partial charge in [-0.15, -0.1) is 11.3 Å². The SMILES string of the molecule is O=C(CCn1ccc([N+](=O)[O-])n1)NN=Cc1ccc(F)s1. The Morgan fingerprint density at radius 2 is 2.38 bits per heavy atom. The quantitative estimate of drug-likeness (QED) is 0.496. The van der Waals surface area contributed by atoms with Crippen molar-refractivity contribution in [2.45, 2.75) is 13.0 Å². The topological polar surface area (TPSA) is 102 Å². The van der Waals surface area contributed by atoms with Crippen molar-refractivity contribution in [1.29, 1.82) is 0 Å². The molecule has 0 unspecified atom stereocenters.